The lowest BCUT2D eigenvalue weighted by molar-refractivity contribution is -0.137. The number of pyridine rings is 1. The molecule has 1 heterocycles. The average molecular weight is 428 g/mol. The van der Waals surface area contributed by atoms with E-state index >= 15 is 0 Å². The summed E-state index contributed by atoms with van der Waals surface area (Å²) >= 11 is 17.0. The lowest BCUT2D eigenvalue weighted by Gasteiger charge is -2.26. The quantitative estimate of drug-likeness (QED) is 0.618. The smallest absolute Gasteiger partial charge is 0.417 e. The first kappa shape index (κ1) is 20.6. The summed E-state index contributed by atoms with van der Waals surface area (Å²) in [6.45, 7) is 1.11. The molecule has 0 saturated heterocycles. The second-order valence-corrected chi connectivity index (χ2v) is 7.96. The molecule has 140 valence electrons. The lowest BCUT2D eigenvalue weighted by atomic mass is 10.0. The SMILES string of the molecule is Cc1cccc(-c2ncc(C(F)(F)F)cc2N(CC(Cl)(Cl)Cl)C(=O)O)c1. The monoisotopic (exact) mass is 426 g/mol. The van der Waals surface area contributed by atoms with Crippen LogP contribution >= 0.6 is 34.8 Å². The molecule has 1 aromatic carbocycles. The van der Waals surface area contributed by atoms with Crippen molar-refractivity contribution in [2.45, 2.75) is 16.9 Å². The number of hydrogen-bond acceptors (Lipinski definition) is 2. The van der Waals surface area contributed by atoms with E-state index in [1.165, 1.54) is 0 Å². The van der Waals surface area contributed by atoms with Crippen molar-refractivity contribution in [2.75, 3.05) is 11.4 Å². The number of anilines is 1. The highest BCUT2D eigenvalue weighted by molar-refractivity contribution is 6.68. The van der Waals surface area contributed by atoms with Crippen LogP contribution in [0.25, 0.3) is 11.3 Å². The fourth-order valence-electron chi connectivity index (χ4n) is 2.26. The van der Waals surface area contributed by atoms with Crippen molar-refractivity contribution in [1.82, 2.24) is 4.98 Å². The largest absolute Gasteiger partial charge is 0.465 e. The molecule has 4 nitrogen and oxygen atoms in total. The molecule has 1 amide bonds. The Labute approximate surface area is 162 Å². The summed E-state index contributed by atoms with van der Waals surface area (Å²) in [6.07, 6.45) is -5.65. The van der Waals surface area contributed by atoms with Crippen LogP contribution in [0.1, 0.15) is 11.1 Å². The molecule has 0 unspecified atom stereocenters. The van der Waals surface area contributed by atoms with Gasteiger partial charge < -0.3 is 5.11 Å². The average Bonchev–Trinajstić information content (AvgIpc) is 2.50. The number of carboxylic acid groups (broad SMARTS) is 1. The molecule has 0 aliphatic rings. The molecular weight excluding hydrogens is 416 g/mol. The zero-order valence-corrected chi connectivity index (χ0v) is 15.5. The highest BCUT2D eigenvalue weighted by atomic mass is 35.6. The molecule has 1 aromatic heterocycles. The number of aromatic nitrogens is 1. The van der Waals surface area contributed by atoms with Crippen molar-refractivity contribution >= 4 is 46.6 Å². The molecule has 0 aliphatic carbocycles. The molecule has 1 N–H and O–H groups in total. The topological polar surface area (TPSA) is 53.4 Å². The third kappa shape index (κ3) is 5.16. The Bertz CT molecular complexity index is 823. The van der Waals surface area contributed by atoms with Gasteiger partial charge in [-0.05, 0) is 19.1 Å². The summed E-state index contributed by atoms with van der Waals surface area (Å²) in [5, 5.41) is 9.45. The molecule has 0 aliphatic heterocycles. The van der Waals surface area contributed by atoms with Gasteiger partial charge in [-0.2, -0.15) is 13.2 Å². The van der Waals surface area contributed by atoms with Gasteiger partial charge in [0.1, 0.15) is 0 Å². The molecule has 0 radical (unpaired) electrons. The Morgan fingerprint density at radius 3 is 2.38 bits per heavy atom. The maximum Gasteiger partial charge on any atom is 0.417 e. The van der Waals surface area contributed by atoms with Crippen LogP contribution in [0.3, 0.4) is 0 Å². The Kier molecular flexibility index (Phi) is 5.95. The van der Waals surface area contributed by atoms with Gasteiger partial charge in [0.25, 0.3) is 0 Å². The van der Waals surface area contributed by atoms with Crippen LogP contribution in [0.2, 0.25) is 0 Å². The van der Waals surface area contributed by atoms with E-state index in [-0.39, 0.29) is 11.4 Å². The van der Waals surface area contributed by atoms with E-state index < -0.39 is 28.2 Å². The second-order valence-electron chi connectivity index (χ2n) is 5.44. The van der Waals surface area contributed by atoms with Crippen LogP contribution in [0.4, 0.5) is 23.7 Å². The van der Waals surface area contributed by atoms with Crippen LogP contribution in [-0.2, 0) is 6.18 Å². The van der Waals surface area contributed by atoms with Crippen molar-refractivity contribution in [3.8, 4) is 11.3 Å². The molecule has 26 heavy (non-hydrogen) atoms. The van der Waals surface area contributed by atoms with Crippen LogP contribution in [0, 0.1) is 6.92 Å². The molecule has 0 saturated carbocycles. The van der Waals surface area contributed by atoms with Gasteiger partial charge in [0, 0.05) is 11.8 Å². The van der Waals surface area contributed by atoms with Gasteiger partial charge in [0.2, 0.25) is 3.79 Å². The second kappa shape index (κ2) is 7.50. The van der Waals surface area contributed by atoms with Crippen molar-refractivity contribution in [1.29, 1.82) is 0 Å². The van der Waals surface area contributed by atoms with Crippen molar-refractivity contribution in [2.24, 2.45) is 0 Å². The number of aryl methyl sites for hydroxylation is 1. The summed E-state index contributed by atoms with van der Waals surface area (Å²) in [7, 11) is 0. The first-order chi connectivity index (χ1) is 11.9. The number of benzene rings is 1. The highest BCUT2D eigenvalue weighted by Crippen LogP contribution is 2.38. The Balaban J connectivity index is 2.70. The fraction of sp³-hybridized carbons (Fsp3) is 0.250. The summed E-state index contributed by atoms with van der Waals surface area (Å²) in [5.74, 6) is 0. The molecular formula is C16H12Cl3F3N2O2. The number of rotatable bonds is 3. The summed E-state index contributed by atoms with van der Waals surface area (Å²) in [5.41, 5.74) is -0.162. The molecule has 0 bridgehead atoms. The van der Waals surface area contributed by atoms with Gasteiger partial charge >= 0.3 is 12.3 Å². The number of halogens is 6. The van der Waals surface area contributed by atoms with E-state index in [1.54, 1.807) is 31.2 Å². The third-order valence-corrected chi connectivity index (χ3v) is 3.70. The van der Waals surface area contributed by atoms with Gasteiger partial charge in [-0.3, -0.25) is 9.88 Å². The Morgan fingerprint density at radius 1 is 1.23 bits per heavy atom. The molecule has 0 atom stereocenters. The third-order valence-electron chi connectivity index (χ3n) is 3.35. The highest BCUT2D eigenvalue weighted by Gasteiger charge is 2.35. The van der Waals surface area contributed by atoms with Gasteiger partial charge in [-0.15, -0.1) is 0 Å². The van der Waals surface area contributed by atoms with E-state index in [0.29, 0.717) is 22.7 Å². The zero-order chi connectivity index (χ0) is 19.7. The number of carbonyl (C=O) groups is 1. The molecule has 2 aromatic rings. The predicted molar refractivity (Wildman–Crippen MR) is 95.1 cm³/mol. The first-order valence-corrected chi connectivity index (χ1v) is 8.23. The maximum atomic E-state index is 13.1. The normalized spacial score (nSPS) is 12.1. The minimum atomic E-state index is -4.71. The minimum Gasteiger partial charge on any atom is -0.465 e. The number of amides is 1. The molecule has 2 rings (SSSR count). The number of nitrogens with zero attached hydrogens (tertiary/aromatic N) is 2. The first-order valence-electron chi connectivity index (χ1n) is 7.10. The van der Waals surface area contributed by atoms with Gasteiger partial charge in [0.05, 0.1) is 23.5 Å². The molecule has 10 heteroatoms. The standard InChI is InChI=1S/C16H12Cl3F3N2O2/c1-9-3-2-4-10(5-9)13-12(6-11(7-23-13)16(20,21)22)24(14(25)26)8-15(17,18)19/h2-7H,8H2,1H3,(H,25,26). The Morgan fingerprint density at radius 2 is 1.88 bits per heavy atom. The van der Waals surface area contributed by atoms with Crippen molar-refractivity contribution in [3.63, 3.8) is 0 Å². The Hall–Kier alpha value is -1.70. The lowest BCUT2D eigenvalue weighted by Crippen LogP contribution is -2.37. The maximum absolute atomic E-state index is 13.1. The van der Waals surface area contributed by atoms with E-state index in [2.05, 4.69) is 4.98 Å². The van der Waals surface area contributed by atoms with Crippen molar-refractivity contribution in [3.05, 3.63) is 47.7 Å². The van der Waals surface area contributed by atoms with Crippen molar-refractivity contribution < 1.29 is 23.1 Å². The predicted octanol–water partition coefficient (Wildman–Crippen LogP) is 5.93. The summed E-state index contributed by atoms with van der Waals surface area (Å²) in [6, 6.07) is 7.39. The van der Waals surface area contributed by atoms with E-state index in [1.807, 2.05) is 0 Å². The molecule has 0 spiro atoms. The van der Waals surface area contributed by atoms with Gasteiger partial charge in [-0.25, -0.2) is 4.79 Å². The van der Waals surface area contributed by atoms with Crippen LogP contribution < -0.4 is 4.90 Å². The van der Waals surface area contributed by atoms with E-state index in [9.17, 15) is 23.1 Å². The summed E-state index contributed by atoms with van der Waals surface area (Å²) < 4.78 is 37.2. The van der Waals surface area contributed by atoms with E-state index in [4.69, 9.17) is 34.8 Å². The molecule has 0 fully saturated rings. The van der Waals surface area contributed by atoms with E-state index in [0.717, 1.165) is 5.56 Å². The zero-order valence-electron chi connectivity index (χ0n) is 13.2. The van der Waals surface area contributed by atoms with Gasteiger partial charge in [0.15, 0.2) is 0 Å². The van der Waals surface area contributed by atoms with Crippen LogP contribution in [-0.4, -0.2) is 26.5 Å². The van der Waals surface area contributed by atoms with Crippen LogP contribution in [0.15, 0.2) is 36.5 Å². The van der Waals surface area contributed by atoms with Gasteiger partial charge in [-0.1, -0.05) is 58.6 Å². The van der Waals surface area contributed by atoms with Crippen LogP contribution in [0.5, 0.6) is 0 Å². The summed E-state index contributed by atoms with van der Waals surface area (Å²) in [4.78, 5) is 16.0. The fourth-order valence-corrected chi connectivity index (χ4v) is 2.62. The number of alkyl halides is 6. The minimum absolute atomic E-state index is 0.0262. The number of hydrogen-bond donors (Lipinski definition) is 1.